The minimum absolute atomic E-state index is 0.717. The van der Waals surface area contributed by atoms with Crippen LogP contribution in [-0.4, -0.2) is 14.8 Å². The summed E-state index contributed by atoms with van der Waals surface area (Å²) in [5.41, 5.74) is 3.35. The molecule has 0 aliphatic heterocycles. The van der Waals surface area contributed by atoms with E-state index in [4.69, 9.17) is 0 Å². The fraction of sp³-hybridized carbons (Fsp3) is 0.455. The van der Waals surface area contributed by atoms with Crippen molar-refractivity contribution in [2.75, 3.05) is 0 Å². The van der Waals surface area contributed by atoms with E-state index in [-0.39, 0.29) is 0 Å². The molecule has 0 bridgehead atoms. The van der Waals surface area contributed by atoms with Crippen molar-refractivity contribution in [2.24, 2.45) is 0 Å². The maximum atomic E-state index is 4.18. The molecule has 14 heavy (non-hydrogen) atoms. The van der Waals surface area contributed by atoms with Gasteiger partial charge in [-0.2, -0.15) is 10.2 Å². The topological polar surface area (TPSA) is 30.7 Å². The molecule has 72 valence electrons. The third-order valence-corrected chi connectivity index (χ3v) is 2.94. The molecule has 3 nitrogen and oxygen atoms in total. The van der Waals surface area contributed by atoms with Gasteiger partial charge in [-0.3, -0.25) is 0 Å². The molecule has 2 heterocycles. The second kappa shape index (κ2) is 2.56. The van der Waals surface area contributed by atoms with Crippen molar-refractivity contribution in [2.45, 2.75) is 32.7 Å². The highest BCUT2D eigenvalue weighted by Crippen LogP contribution is 2.38. The van der Waals surface area contributed by atoms with Crippen LogP contribution in [0.15, 0.2) is 12.3 Å². The average Bonchev–Trinajstić information content (AvgIpc) is 2.91. The summed E-state index contributed by atoms with van der Waals surface area (Å²) in [5.74, 6) is 0. The summed E-state index contributed by atoms with van der Waals surface area (Å²) < 4.78 is 2.35. The Bertz CT molecular complexity index is 494. The number of fused-ring (bicyclic) bond motifs is 1. The fourth-order valence-corrected chi connectivity index (χ4v) is 2.03. The quantitative estimate of drug-likeness (QED) is 0.686. The lowest BCUT2D eigenvalue weighted by Gasteiger charge is -2.04. The molecule has 0 amide bonds. The van der Waals surface area contributed by atoms with Crippen LogP contribution in [0, 0.1) is 13.8 Å². The Morgan fingerprint density at radius 3 is 2.64 bits per heavy atom. The van der Waals surface area contributed by atoms with Crippen molar-refractivity contribution in [3.05, 3.63) is 23.7 Å². The van der Waals surface area contributed by atoms with Crippen LogP contribution in [0.1, 0.15) is 30.3 Å². The predicted molar refractivity (Wildman–Crippen MR) is 55.3 cm³/mol. The van der Waals surface area contributed by atoms with Gasteiger partial charge in [-0.15, -0.1) is 0 Å². The van der Waals surface area contributed by atoms with Crippen molar-refractivity contribution >= 4 is 10.9 Å². The minimum Gasteiger partial charge on any atom is -0.343 e. The number of hydrogen-bond donors (Lipinski definition) is 0. The number of aromatic nitrogens is 3. The molecule has 0 saturated heterocycles. The van der Waals surface area contributed by atoms with Gasteiger partial charge in [-0.1, -0.05) is 0 Å². The first-order valence-corrected chi connectivity index (χ1v) is 5.08. The molecule has 0 atom stereocenters. The van der Waals surface area contributed by atoms with Crippen LogP contribution in [0.4, 0.5) is 0 Å². The largest absolute Gasteiger partial charge is 0.343 e. The second-order valence-corrected chi connectivity index (χ2v) is 4.09. The third kappa shape index (κ3) is 0.983. The standard InChI is InChI=1S/C11H13N3/c1-7-10-5-6-14(9-3-4-9)11(10)8(2)13-12-7/h5-6,9H,3-4H2,1-2H3. The molecule has 0 N–H and O–H groups in total. The van der Waals surface area contributed by atoms with Crippen molar-refractivity contribution in [3.63, 3.8) is 0 Å². The highest BCUT2D eigenvalue weighted by Gasteiger charge is 2.25. The molecule has 0 unspecified atom stereocenters. The van der Waals surface area contributed by atoms with Gasteiger partial charge in [-0.05, 0) is 32.8 Å². The zero-order valence-electron chi connectivity index (χ0n) is 8.49. The van der Waals surface area contributed by atoms with Crippen LogP contribution in [0.3, 0.4) is 0 Å². The summed E-state index contributed by atoms with van der Waals surface area (Å²) in [5, 5.41) is 9.57. The maximum Gasteiger partial charge on any atom is 0.0842 e. The Hall–Kier alpha value is -1.38. The molecule has 1 fully saturated rings. The molecule has 0 spiro atoms. The lowest BCUT2D eigenvalue weighted by Crippen LogP contribution is -1.97. The Morgan fingerprint density at radius 1 is 1.21 bits per heavy atom. The normalized spacial score (nSPS) is 16.4. The molecule has 2 aromatic rings. The van der Waals surface area contributed by atoms with Crippen LogP contribution in [0.25, 0.3) is 10.9 Å². The maximum absolute atomic E-state index is 4.18. The fourth-order valence-electron chi connectivity index (χ4n) is 2.03. The number of nitrogens with zero attached hydrogens (tertiary/aromatic N) is 3. The molecule has 0 aromatic carbocycles. The monoisotopic (exact) mass is 187 g/mol. The Morgan fingerprint density at radius 2 is 1.93 bits per heavy atom. The Labute approximate surface area is 82.8 Å². The van der Waals surface area contributed by atoms with E-state index in [0.717, 1.165) is 17.4 Å². The number of aryl methyl sites for hydroxylation is 2. The molecule has 3 heteroatoms. The van der Waals surface area contributed by atoms with Gasteiger partial charge in [-0.25, -0.2) is 0 Å². The summed E-state index contributed by atoms with van der Waals surface area (Å²) >= 11 is 0. The van der Waals surface area contributed by atoms with E-state index < -0.39 is 0 Å². The van der Waals surface area contributed by atoms with E-state index in [1.807, 2.05) is 13.8 Å². The van der Waals surface area contributed by atoms with Gasteiger partial charge in [0, 0.05) is 17.6 Å². The van der Waals surface area contributed by atoms with Crippen LogP contribution < -0.4 is 0 Å². The zero-order valence-corrected chi connectivity index (χ0v) is 8.49. The number of hydrogen-bond acceptors (Lipinski definition) is 2. The Balaban J connectivity index is 2.37. The molecule has 3 rings (SSSR count). The highest BCUT2D eigenvalue weighted by atomic mass is 15.1. The van der Waals surface area contributed by atoms with Crippen LogP contribution >= 0.6 is 0 Å². The van der Waals surface area contributed by atoms with Gasteiger partial charge in [0.05, 0.1) is 16.9 Å². The summed E-state index contributed by atoms with van der Waals surface area (Å²) in [6.45, 7) is 4.06. The zero-order chi connectivity index (χ0) is 9.71. The van der Waals surface area contributed by atoms with E-state index in [1.54, 1.807) is 0 Å². The molecule has 1 aliphatic carbocycles. The van der Waals surface area contributed by atoms with E-state index in [0.29, 0.717) is 0 Å². The summed E-state index contributed by atoms with van der Waals surface area (Å²) in [6.07, 6.45) is 4.79. The van der Waals surface area contributed by atoms with E-state index >= 15 is 0 Å². The Kier molecular flexibility index (Phi) is 1.46. The predicted octanol–water partition coefficient (Wildman–Crippen LogP) is 2.38. The van der Waals surface area contributed by atoms with Crippen molar-refractivity contribution in [1.82, 2.24) is 14.8 Å². The van der Waals surface area contributed by atoms with E-state index in [9.17, 15) is 0 Å². The first-order valence-electron chi connectivity index (χ1n) is 5.08. The van der Waals surface area contributed by atoms with Gasteiger partial charge in [0.1, 0.15) is 0 Å². The summed E-state index contributed by atoms with van der Waals surface area (Å²) in [6, 6.07) is 2.87. The van der Waals surface area contributed by atoms with Crippen molar-refractivity contribution in [3.8, 4) is 0 Å². The molecule has 2 aromatic heterocycles. The van der Waals surface area contributed by atoms with Gasteiger partial charge in [0.15, 0.2) is 0 Å². The minimum atomic E-state index is 0.717. The third-order valence-electron chi connectivity index (χ3n) is 2.94. The second-order valence-electron chi connectivity index (χ2n) is 4.09. The molecule has 1 aliphatic rings. The molecular formula is C11H13N3. The lowest BCUT2D eigenvalue weighted by atomic mass is 10.2. The van der Waals surface area contributed by atoms with Crippen LogP contribution in [0.5, 0.6) is 0 Å². The average molecular weight is 187 g/mol. The molecule has 0 radical (unpaired) electrons. The molecule has 1 saturated carbocycles. The van der Waals surface area contributed by atoms with Gasteiger partial charge in [0.2, 0.25) is 0 Å². The van der Waals surface area contributed by atoms with Crippen molar-refractivity contribution < 1.29 is 0 Å². The van der Waals surface area contributed by atoms with Crippen molar-refractivity contribution in [1.29, 1.82) is 0 Å². The van der Waals surface area contributed by atoms with Crippen LogP contribution in [0.2, 0.25) is 0 Å². The van der Waals surface area contributed by atoms with Gasteiger partial charge < -0.3 is 4.57 Å². The van der Waals surface area contributed by atoms with E-state index in [1.165, 1.54) is 23.7 Å². The first kappa shape index (κ1) is 7.97. The van der Waals surface area contributed by atoms with Gasteiger partial charge in [0.25, 0.3) is 0 Å². The highest BCUT2D eigenvalue weighted by molar-refractivity contribution is 5.84. The van der Waals surface area contributed by atoms with Gasteiger partial charge >= 0.3 is 0 Å². The van der Waals surface area contributed by atoms with Crippen LogP contribution in [-0.2, 0) is 0 Å². The number of rotatable bonds is 1. The molecular weight excluding hydrogens is 174 g/mol. The SMILES string of the molecule is Cc1nnc(C)c2c1ccn2C1CC1. The first-order chi connectivity index (χ1) is 6.77. The van der Waals surface area contributed by atoms with E-state index in [2.05, 4.69) is 27.0 Å². The summed E-state index contributed by atoms with van der Waals surface area (Å²) in [7, 11) is 0. The smallest absolute Gasteiger partial charge is 0.0842 e. The summed E-state index contributed by atoms with van der Waals surface area (Å²) in [4.78, 5) is 0. The lowest BCUT2D eigenvalue weighted by molar-refractivity contribution is 0.768.